The molecule has 0 atom stereocenters. The van der Waals surface area contributed by atoms with Crippen LogP contribution in [0.3, 0.4) is 0 Å². The van der Waals surface area contributed by atoms with Crippen molar-refractivity contribution in [3.63, 3.8) is 0 Å². The summed E-state index contributed by atoms with van der Waals surface area (Å²) in [6.07, 6.45) is 4.85. The summed E-state index contributed by atoms with van der Waals surface area (Å²) in [6.45, 7) is 7.68. The minimum Gasteiger partial charge on any atom is -0.477 e. The maximum absolute atomic E-state index is 12.0. The first-order valence-corrected chi connectivity index (χ1v) is 12.3. The van der Waals surface area contributed by atoms with Gasteiger partial charge in [-0.05, 0) is 67.3 Å². The van der Waals surface area contributed by atoms with E-state index in [2.05, 4.69) is 23.8 Å². The molecule has 4 N–H and O–H groups in total. The first kappa shape index (κ1) is 26.7. The van der Waals surface area contributed by atoms with E-state index in [1.807, 2.05) is 0 Å². The predicted molar refractivity (Wildman–Crippen MR) is 136 cm³/mol. The van der Waals surface area contributed by atoms with E-state index < -0.39 is 22.8 Å². The molecule has 36 heavy (non-hydrogen) atoms. The van der Waals surface area contributed by atoms with Crippen LogP contribution >= 0.6 is 0 Å². The Morgan fingerprint density at radius 3 is 1.61 bits per heavy atom. The van der Waals surface area contributed by atoms with E-state index >= 15 is 0 Å². The average Bonchev–Trinajstić information content (AvgIpc) is 3.33. The third-order valence-corrected chi connectivity index (χ3v) is 6.83. The molecule has 192 valence electrons. The van der Waals surface area contributed by atoms with Gasteiger partial charge in [-0.1, -0.05) is 38.8 Å². The summed E-state index contributed by atoms with van der Waals surface area (Å²) in [7, 11) is 0. The number of hydrogen-bond acceptors (Lipinski definition) is 4. The van der Waals surface area contributed by atoms with E-state index in [0.717, 1.165) is 36.8 Å². The second-order valence-electron chi connectivity index (χ2n) is 9.13. The van der Waals surface area contributed by atoms with Gasteiger partial charge in [0.05, 0.1) is 10.8 Å². The van der Waals surface area contributed by atoms with E-state index in [-0.39, 0.29) is 17.1 Å². The lowest BCUT2D eigenvalue weighted by Gasteiger charge is -2.20. The van der Waals surface area contributed by atoms with Crippen LogP contribution < -0.4 is 0 Å². The van der Waals surface area contributed by atoms with Gasteiger partial charge in [0.25, 0.3) is 5.69 Å². The van der Waals surface area contributed by atoms with Gasteiger partial charge < -0.3 is 20.2 Å². The van der Waals surface area contributed by atoms with Crippen LogP contribution in [0, 0.1) is 24.0 Å². The number of non-ortho nitro benzene ring substituents is 1. The van der Waals surface area contributed by atoms with Gasteiger partial charge in [0, 0.05) is 23.5 Å². The fourth-order valence-electron chi connectivity index (χ4n) is 4.85. The summed E-state index contributed by atoms with van der Waals surface area (Å²) in [4.78, 5) is 41.2. The summed E-state index contributed by atoms with van der Waals surface area (Å²) >= 11 is 0. The lowest BCUT2D eigenvalue weighted by atomic mass is 9.85. The number of nitro benzene ring substituents is 1. The Hall–Kier alpha value is -3.88. The maximum Gasteiger partial charge on any atom is 0.352 e. The number of unbranched alkanes of at least 4 members (excludes halogenated alkanes) is 2. The molecule has 0 amide bonds. The van der Waals surface area contributed by atoms with Gasteiger partial charge in [0.2, 0.25) is 0 Å². The number of nitrogens with zero attached hydrogens (tertiary/aromatic N) is 1. The van der Waals surface area contributed by atoms with E-state index in [0.29, 0.717) is 40.9 Å². The van der Waals surface area contributed by atoms with Gasteiger partial charge >= 0.3 is 11.9 Å². The molecule has 3 aromatic rings. The topological polar surface area (TPSA) is 149 Å². The van der Waals surface area contributed by atoms with Crippen LogP contribution in [-0.4, -0.2) is 37.0 Å². The highest BCUT2D eigenvalue weighted by Gasteiger charge is 2.31. The molecular weight excluding hydrogens is 462 g/mol. The lowest BCUT2D eigenvalue weighted by molar-refractivity contribution is -0.384. The number of aromatic amines is 2. The highest BCUT2D eigenvalue weighted by atomic mass is 16.6. The van der Waals surface area contributed by atoms with Gasteiger partial charge in [-0.2, -0.15) is 0 Å². The molecule has 0 fully saturated rings. The molecule has 0 unspecified atom stereocenters. The Morgan fingerprint density at radius 1 is 0.861 bits per heavy atom. The third-order valence-electron chi connectivity index (χ3n) is 6.83. The van der Waals surface area contributed by atoms with Gasteiger partial charge in [0.15, 0.2) is 0 Å². The number of carbonyl (C=O) groups is 2. The summed E-state index contributed by atoms with van der Waals surface area (Å²) in [5.41, 5.74) is 5.23. The van der Waals surface area contributed by atoms with Crippen molar-refractivity contribution in [2.24, 2.45) is 0 Å². The highest BCUT2D eigenvalue weighted by molar-refractivity contribution is 5.89. The Balaban J connectivity index is 2.36. The van der Waals surface area contributed by atoms with Crippen molar-refractivity contribution in [2.45, 2.75) is 72.1 Å². The van der Waals surface area contributed by atoms with Crippen LogP contribution in [0.25, 0.3) is 0 Å². The molecule has 9 nitrogen and oxygen atoms in total. The molecule has 0 radical (unpaired) electrons. The largest absolute Gasteiger partial charge is 0.477 e. The molecular formula is C27H33N3O6. The molecule has 1 aromatic carbocycles. The number of rotatable bonds is 12. The zero-order valence-electron chi connectivity index (χ0n) is 21.1. The van der Waals surface area contributed by atoms with Crippen molar-refractivity contribution in [1.29, 1.82) is 0 Å². The van der Waals surface area contributed by atoms with Crippen LogP contribution in [0.15, 0.2) is 24.3 Å². The van der Waals surface area contributed by atoms with Gasteiger partial charge in [-0.3, -0.25) is 10.1 Å². The fraction of sp³-hybridized carbons (Fsp3) is 0.407. The molecule has 2 aromatic heterocycles. The Bertz CT molecular complexity index is 1200. The Kier molecular flexibility index (Phi) is 8.34. The Morgan fingerprint density at radius 2 is 1.28 bits per heavy atom. The van der Waals surface area contributed by atoms with Crippen molar-refractivity contribution < 1.29 is 24.7 Å². The standard InChI is InChI=1S/C27H33N3O6/c1-5-7-9-19-15(3)22(26(31)32)28-24(19)21(17-11-13-18(14-12-17)30(35)36)25-20(10-8-6-2)16(4)23(29-25)27(33)34/h11-14,21,28-29H,5-10H2,1-4H3,(H,31,32)(H,33,34). The molecule has 9 heteroatoms. The third kappa shape index (κ3) is 5.19. The van der Waals surface area contributed by atoms with Crippen molar-refractivity contribution in [3.05, 3.63) is 85.0 Å². The molecule has 0 saturated heterocycles. The second-order valence-corrected chi connectivity index (χ2v) is 9.13. The number of nitrogens with one attached hydrogen (secondary N) is 2. The second kappa shape index (κ2) is 11.2. The van der Waals surface area contributed by atoms with Crippen LogP contribution in [-0.2, 0) is 12.8 Å². The number of aromatic carboxylic acids is 2. The number of carboxylic acids is 2. The molecule has 2 heterocycles. The maximum atomic E-state index is 12.0. The molecule has 0 aliphatic heterocycles. The smallest absolute Gasteiger partial charge is 0.352 e. The highest BCUT2D eigenvalue weighted by Crippen LogP contribution is 2.40. The zero-order chi connectivity index (χ0) is 26.6. The minimum atomic E-state index is -1.07. The number of benzene rings is 1. The summed E-state index contributed by atoms with van der Waals surface area (Å²) in [5.74, 6) is -2.69. The molecule has 0 bridgehead atoms. The molecule has 3 rings (SSSR count). The van der Waals surface area contributed by atoms with Crippen molar-refractivity contribution in [3.8, 4) is 0 Å². The average molecular weight is 496 g/mol. The van der Waals surface area contributed by atoms with E-state index in [9.17, 15) is 29.9 Å². The summed E-state index contributed by atoms with van der Waals surface area (Å²) in [6, 6.07) is 6.15. The van der Waals surface area contributed by atoms with Crippen LogP contribution in [0.1, 0.15) is 106 Å². The molecule has 0 aliphatic carbocycles. The number of nitro groups is 1. The van der Waals surface area contributed by atoms with Gasteiger partial charge in [0.1, 0.15) is 11.4 Å². The zero-order valence-corrected chi connectivity index (χ0v) is 21.1. The predicted octanol–water partition coefficient (Wildman–Crippen LogP) is 6.13. The Labute approximate surface area is 209 Å². The SMILES string of the molecule is CCCCc1c(C(c2ccc([N+](=O)[O-])cc2)c2[nH]c(C(=O)O)c(C)c2CCCC)[nH]c(C(=O)O)c1C. The fourth-order valence-corrected chi connectivity index (χ4v) is 4.85. The molecule has 0 saturated carbocycles. The van der Waals surface area contributed by atoms with E-state index in [1.54, 1.807) is 26.0 Å². The van der Waals surface area contributed by atoms with Gasteiger partial charge in [-0.15, -0.1) is 0 Å². The van der Waals surface area contributed by atoms with Gasteiger partial charge in [-0.25, -0.2) is 9.59 Å². The number of hydrogen-bond donors (Lipinski definition) is 4. The van der Waals surface area contributed by atoms with Crippen molar-refractivity contribution in [2.75, 3.05) is 0 Å². The quantitative estimate of drug-likeness (QED) is 0.175. The molecule has 0 spiro atoms. The number of H-pyrrole nitrogens is 2. The van der Waals surface area contributed by atoms with Crippen LogP contribution in [0.5, 0.6) is 0 Å². The monoisotopic (exact) mass is 495 g/mol. The normalized spacial score (nSPS) is 11.2. The minimum absolute atomic E-state index is 0.0577. The first-order chi connectivity index (χ1) is 17.1. The molecule has 0 aliphatic rings. The number of carboxylic acid groups (broad SMARTS) is 2. The van der Waals surface area contributed by atoms with Crippen molar-refractivity contribution in [1.82, 2.24) is 9.97 Å². The van der Waals surface area contributed by atoms with E-state index in [1.165, 1.54) is 12.1 Å². The van der Waals surface area contributed by atoms with Crippen LogP contribution in [0.2, 0.25) is 0 Å². The lowest BCUT2D eigenvalue weighted by Crippen LogP contribution is -2.11. The summed E-state index contributed by atoms with van der Waals surface area (Å²) < 4.78 is 0. The number of aromatic nitrogens is 2. The summed E-state index contributed by atoms with van der Waals surface area (Å²) in [5, 5.41) is 31.0. The van der Waals surface area contributed by atoms with Crippen molar-refractivity contribution >= 4 is 17.6 Å². The first-order valence-electron chi connectivity index (χ1n) is 12.3. The van der Waals surface area contributed by atoms with Crippen LogP contribution in [0.4, 0.5) is 5.69 Å². The van der Waals surface area contributed by atoms with E-state index in [4.69, 9.17) is 0 Å².